The monoisotopic (exact) mass is 383 g/mol. The molecule has 2 aromatic rings. The number of piperazine rings is 1. The van der Waals surface area contributed by atoms with Gasteiger partial charge in [0.15, 0.2) is 0 Å². The molecule has 7 heteroatoms. The molecule has 1 saturated heterocycles. The van der Waals surface area contributed by atoms with Crippen LogP contribution < -0.4 is 15.0 Å². The molecule has 0 radical (unpaired) electrons. The Hall–Kier alpha value is -3.22. The van der Waals surface area contributed by atoms with Crippen LogP contribution in [0.15, 0.2) is 42.5 Å². The van der Waals surface area contributed by atoms with E-state index in [1.54, 1.807) is 36.3 Å². The first-order valence-corrected chi connectivity index (χ1v) is 9.15. The minimum Gasteiger partial charge on any atom is -0.495 e. The van der Waals surface area contributed by atoms with Crippen molar-refractivity contribution in [1.82, 2.24) is 4.90 Å². The summed E-state index contributed by atoms with van der Waals surface area (Å²) in [6.45, 7) is 4.68. The second-order valence-corrected chi connectivity index (χ2v) is 6.65. The van der Waals surface area contributed by atoms with E-state index in [0.717, 1.165) is 24.5 Å². The minimum atomic E-state index is -0.434. The van der Waals surface area contributed by atoms with Gasteiger partial charge in [-0.05, 0) is 42.8 Å². The molecule has 0 aliphatic carbocycles. The summed E-state index contributed by atoms with van der Waals surface area (Å²) in [5, 5.41) is 2.85. The highest BCUT2D eigenvalue weighted by molar-refractivity contribution is 5.94. The highest BCUT2D eigenvalue weighted by Gasteiger charge is 2.23. The molecule has 0 unspecified atom stereocenters. The van der Waals surface area contributed by atoms with Crippen LogP contribution in [0.5, 0.6) is 5.75 Å². The van der Waals surface area contributed by atoms with Crippen LogP contribution >= 0.6 is 0 Å². The fourth-order valence-corrected chi connectivity index (χ4v) is 3.24. The van der Waals surface area contributed by atoms with Crippen molar-refractivity contribution in [2.75, 3.05) is 50.6 Å². The second-order valence-electron chi connectivity index (χ2n) is 6.65. The molecular weight excluding hydrogens is 358 g/mol. The molecule has 0 atom stereocenters. The van der Waals surface area contributed by atoms with Crippen LogP contribution in [0, 0.1) is 6.92 Å². The molecule has 148 valence electrons. The summed E-state index contributed by atoms with van der Waals surface area (Å²) in [4.78, 5) is 28.2. The molecule has 1 heterocycles. The van der Waals surface area contributed by atoms with Gasteiger partial charge < -0.3 is 24.6 Å². The summed E-state index contributed by atoms with van der Waals surface area (Å²) >= 11 is 0. The number of rotatable bonds is 4. The summed E-state index contributed by atoms with van der Waals surface area (Å²) in [6, 6.07) is 12.6. The Bertz CT molecular complexity index is 860. The first-order valence-electron chi connectivity index (χ1n) is 9.15. The third kappa shape index (κ3) is 4.36. The Kier molecular flexibility index (Phi) is 6.03. The van der Waals surface area contributed by atoms with E-state index >= 15 is 0 Å². The smallest absolute Gasteiger partial charge is 0.337 e. The molecule has 0 spiro atoms. The first kappa shape index (κ1) is 19.5. The summed E-state index contributed by atoms with van der Waals surface area (Å²) < 4.78 is 10.2. The van der Waals surface area contributed by atoms with E-state index in [2.05, 4.69) is 23.2 Å². The topological polar surface area (TPSA) is 71.1 Å². The molecule has 1 aliphatic heterocycles. The van der Waals surface area contributed by atoms with Gasteiger partial charge in [-0.25, -0.2) is 9.59 Å². The maximum atomic E-state index is 12.6. The average molecular weight is 383 g/mol. The van der Waals surface area contributed by atoms with Gasteiger partial charge in [0.1, 0.15) is 5.75 Å². The van der Waals surface area contributed by atoms with E-state index in [0.29, 0.717) is 24.3 Å². The van der Waals surface area contributed by atoms with Crippen molar-refractivity contribution in [2.45, 2.75) is 6.92 Å². The van der Waals surface area contributed by atoms with Crippen LogP contribution in [0.25, 0.3) is 0 Å². The highest BCUT2D eigenvalue weighted by Crippen LogP contribution is 2.30. The summed E-state index contributed by atoms with van der Waals surface area (Å²) in [5.41, 5.74) is 3.18. The maximum absolute atomic E-state index is 12.6. The zero-order valence-electron chi connectivity index (χ0n) is 16.4. The lowest BCUT2D eigenvalue weighted by molar-refractivity contribution is 0.0600. The number of urea groups is 1. The lowest BCUT2D eigenvalue weighted by Gasteiger charge is -2.36. The van der Waals surface area contributed by atoms with Crippen molar-refractivity contribution in [3.8, 4) is 5.75 Å². The van der Waals surface area contributed by atoms with E-state index in [4.69, 9.17) is 9.47 Å². The van der Waals surface area contributed by atoms with Gasteiger partial charge in [-0.15, -0.1) is 0 Å². The predicted octanol–water partition coefficient (Wildman–Crippen LogP) is 3.14. The van der Waals surface area contributed by atoms with Gasteiger partial charge in [-0.2, -0.15) is 0 Å². The minimum absolute atomic E-state index is 0.183. The Morgan fingerprint density at radius 3 is 2.43 bits per heavy atom. The van der Waals surface area contributed by atoms with Gasteiger partial charge in [0.2, 0.25) is 0 Å². The fraction of sp³-hybridized carbons (Fsp3) is 0.333. The van der Waals surface area contributed by atoms with Gasteiger partial charge in [0.05, 0.1) is 25.5 Å². The van der Waals surface area contributed by atoms with Crippen LogP contribution in [-0.4, -0.2) is 57.3 Å². The van der Waals surface area contributed by atoms with Crippen molar-refractivity contribution >= 4 is 23.4 Å². The lowest BCUT2D eigenvalue weighted by atomic mass is 10.1. The summed E-state index contributed by atoms with van der Waals surface area (Å²) in [6.07, 6.45) is 0. The molecule has 2 aromatic carbocycles. The van der Waals surface area contributed by atoms with Gasteiger partial charge in [-0.3, -0.25) is 0 Å². The van der Waals surface area contributed by atoms with Crippen LogP contribution in [0.2, 0.25) is 0 Å². The third-order valence-corrected chi connectivity index (χ3v) is 4.78. The normalized spacial score (nSPS) is 13.8. The molecule has 1 N–H and O–H groups in total. The fourth-order valence-electron chi connectivity index (χ4n) is 3.24. The number of benzene rings is 2. The van der Waals surface area contributed by atoms with E-state index in [9.17, 15) is 9.59 Å². The number of esters is 1. The molecule has 28 heavy (non-hydrogen) atoms. The molecule has 2 amide bonds. The van der Waals surface area contributed by atoms with Crippen molar-refractivity contribution in [2.24, 2.45) is 0 Å². The van der Waals surface area contributed by atoms with Crippen molar-refractivity contribution in [1.29, 1.82) is 0 Å². The van der Waals surface area contributed by atoms with Crippen LogP contribution in [0.4, 0.5) is 16.2 Å². The van der Waals surface area contributed by atoms with Crippen molar-refractivity contribution in [3.63, 3.8) is 0 Å². The number of nitrogens with one attached hydrogen (secondary N) is 1. The molecule has 1 aliphatic rings. The first-order chi connectivity index (χ1) is 13.5. The van der Waals surface area contributed by atoms with E-state index in [-0.39, 0.29) is 6.03 Å². The van der Waals surface area contributed by atoms with E-state index in [1.165, 1.54) is 12.7 Å². The van der Waals surface area contributed by atoms with Gasteiger partial charge >= 0.3 is 12.0 Å². The molecule has 3 rings (SSSR count). The number of methoxy groups -OCH3 is 2. The Labute approximate surface area is 164 Å². The lowest BCUT2D eigenvalue weighted by Crippen LogP contribution is -2.50. The van der Waals surface area contributed by atoms with Crippen LogP contribution in [0.3, 0.4) is 0 Å². The number of hydrogen-bond donors (Lipinski definition) is 1. The van der Waals surface area contributed by atoms with E-state index < -0.39 is 5.97 Å². The van der Waals surface area contributed by atoms with Crippen LogP contribution in [0.1, 0.15) is 15.9 Å². The third-order valence-electron chi connectivity index (χ3n) is 4.78. The number of carbonyl (C=O) groups excluding carboxylic acids is 2. The molecule has 0 bridgehead atoms. The zero-order chi connectivity index (χ0) is 20.1. The standard InChI is InChI=1S/C21H25N3O4/c1-15-7-8-19(27-2)18(13-15)23-9-11-24(12-10-23)21(26)22-17-6-4-5-16(14-17)20(25)28-3/h4-8,13-14H,9-12H2,1-3H3,(H,22,26). The number of amides is 2. The summed E-state index contributed by atoms with van der Waals surface area (Å²) in [5.74, 6) is 0.403. The Balaban J connectivity index is 1.61. The second kappa shape index (κ2) is 8.65. The SMILES string of the molecule is COC(=O)c1cccc(NC(=O)N2CCN(c3cc(C)ccc3OC)CC2)c1. The molecular formula is C21H25N3O4. The number of anilines is 2. The number of hydrogen-bond acceptors (Lipinski definition) is 5. The number of aryl methyl sites for hydroxylation is 1. The maximum Gasteiger partial charge on any atom is 0.337 e. The van der Waals surface area contributed by atoms with Crippen molar-refractivity contribution < 1.29 is 19.1 Å². The number of ether oxygens (including phenoxy) is 2. The largest absolute Gasteiger partial charge is 0.495 e. The van der Waals surface area contributed by atoms with Gasteiger partial charge in [-0.1, -0.05) is 12.1 Å². The van der Waals surface area contributed by atoms with Crippen LogP contribution in [-0.2, 0) is 4.74 Å². The number of nitrogens with zero attached hydrogens (tertiary/aromatic N) is 2. The molecule has 7 nitrogen and oxygen atoms in total. The van der Waals surface area contributed by atoms with E-state index in [1.807, 2.05) is 12.1 Å². The molecule has 0 aromatic heterocycles. The quantitative estimate of drug-likeness (QED) is 0.822. The molecule has 0 saturated carbocycles. The summed E-state index contributed by atoms with van der Waals surface area (Å²) in [7, 11) is 3.00. The van der Waals surface area contributed by atoms with Gasteiger partial charge in [0, 0.05) is 31.9 Å². The predicted molar refractivity (Wildman–Crippen MR) is 108 cm³/mol. The zero-order valence-corrected chi connectivity index (χ0v) is 16.4. The Morgan fingerprint density at radius 1 is 1.00 bits per heavy atom. The Morgan fingerprint density at radius 2 is 1.75 bits per heavy atom. The van der Waals surface area contributed by atoms with Crippen molar-refractivity contribution in [3.05, 3.63) is 53.6 Å². The highest BCUT2D eigenvalue weighted by atomic mass is 16.5. The average Bonchev–Trinajstić information content (AvgIpc) is 2.73. The number of carbonyl (C=O) groups is 2. The van der Waals surface area contributed by atoms with Gasteiger partial charge in [0.25, 0.3) is 0 Å². The molecule has 1 fully saturated rings.